The molecule has 1 aromatic rings. The molecular weight excluding hydrogens is 200 g/mol. The van der Waals surface area contributed by atoms with Crippen LogP contribution in [0.15, 0.2) is 23.0 Å². The van der Waals surface area contributed by atoms with Crippen molar-refractivity contribution in [3.63, 3.8) is 0 Å². The van der Waals surface area contributed by atoms with Crippen LogP contribution in [0.1, 0.15) is 38.3 Å². The van der Waals surface area contributed by atoms with Crippen molar-refractivity contribution >= 4 is 0 Å². The monoisotopic (exact) mass is 222 g/mol. The Morgan fingerprint density at radius 1 is 1.44 bits per heavy atom. The Labute approximate surface area is 97.6 Å². The molecule has 3 heteroatoms. The molecule has 2 heterocycles. The topological polar surface area (TPSA) is 42.4 Å². The van der Waals surface area contributed by atoms with Crippen LogP contribution in [0.2, 0.25) is 0 Å². The van der Waals surface area contributed by atoms with E-state index in [1.54, 1.807) is 6.26 Å². The molecule has 0 amide bonds. The molecule has 0 aliphatic carbocycles. The van der Waals surface area contributed by atoms with Gasteiger partial charge in [-0.25, -0.2) is 0 Å². The third kappa shape index (κ3) is 2.47. The van der Waals surface area contributed by atoms with E-state index in [1.807, 2.05) is 12.3 Å². The number of furan rings is 1. The molecule has 1 aliphatic heterocycles. The molecule has 1 aliphatic rings. The maximum absolute atomic E-state index is 5.88. The van der Waals surface area contributed by atoms with Crippen LogP contribution in [0.5, 0.6) is 0 Å². The quantitative estimate of drug-likeness (QED) is 0.854. The van der Waals surface area contributed by atoms with E-state index in [9.17, 15) is 0 Å². The van der Waals surface area contributed by atoms with Gasteiger partial charge in [-0.2, -0.15) is 0 Å². The van der Waals surface area contributed by atoms with E-state index in [4.69, 9.17) is 10.2 Å². The highest BCUT2D eigenvalue weighted by molar-refractivity contribution is 5.12. The summed E-state index contributed by atoms with van der Waals surface area (Å²) in [5, 5.41) is 0. The van der Waals surface area contributed by atoms with Crippen LogP contribution in [-0.4, -0.2) is 24.5 Å². The number of rotatable bonds is 3. The fourth-order valence-corrected chi connectivity index (χ4v) is 2.40. The summed E-state index contributed by atoms with van der Waals surface area (Å²) in [6.07, 6.45) is 6.05. The molecule has 1 aromatic heterocycles. The SMILES string of the molecule is CC1(C)CCN(C(CN)c2ccoc2)CC1. The molecule has 2 N–H and O–H groups in total. The van der Waals surface area contributed by atoms with E-state index in [-0.39, 0.29) is 0 Å². The van der Waals surface area contributed by atoms with Crippen molar-refractivity contribution in [1.29, 1.82) is 0 Å². The molecule has 1 saturated heterocycles. The van der Waals surface area contributed by atoms with Gasteiger partial charge in [-0.1, -0.05) is 13.8 Å². The van der Waals surface area contributed by atoms with Crippen LogP contribution in [0.4, 0.5) is 0 Å². The Morgan fingerprint density at radius 2 is 2.12 bits per heavy atom. The lowest BCUT2D eigenvalue weighted by Crippen LogP contribution is -2.41. The molecule has 3 nitrogen and oxygen atoms in total. The zero-order valence-electron chi connectivity index (χ0n) is 10.3. The van der Waals surface area contributed by atoms with Gasteiger partial charge in [0.15, 0.2) is 0 Å². The molecule has 0 aromatic carbocycles. The van der Waals surface area contributed by atoms with E-state index in [0.29, 0.717) is 18.0 Å². The second-order valence-corrected chi connectivity index (χ2v) is 5.51. The summed E-state index contributed by atoms with van der Waals surface area (Å²) < 4.78 is 5.15. The predicted molar refractivity (Wildman–Crippen MR) is 65.1 cm³/mol. The zero-order chi connectivity index (χ0) is 11.6. The lowest BCUT2D eigenvalue weighted by molar-refractivity contribution is 0.0961. The lowest BCUT2D eigenvalue weighted by atomic mass is 9.82. The summed E-state index contributed by atoms with van der Waals surface area (Å²) in [6, 6.07) is 2.35. The maximum atomic E-state index is 5.88. The minimum atomic E-state index is 0.329. The lowest BCUT2D eigenvalue weighted by Gasteiger charge is -2.40. The van der Waals surface area contributed by atoms with Gasteiger partial charge in [0.25, 0.3) is 0 Å². The number of nitrogens with zero attached hydrogens (tertiary/aromatic N) is 1. The first-order chi connectivity index (χ1) is 7.62. The molecule has 16 heavy (non-hydrogen) atoms. The molecule has 0 saturated carbocycles. The summed E-state index contributed by atoms with van der Waals surface area (Å²) in [5.74, 6) is 0. The Bertz CT molecular complexity index is 309. The average Bonchev–Trinajstić information content (AvgIpc) is 2.75. The predicted octanol–water partition coefficient (Wildman–Crippen LogP) is 2.40. The number of hydrogen-bond donors (Lipinski definition) is 1. The zero-order valence-corrected chi connectivity index (χ0v) is 10.3. The van der Waals surface area contributed by atoms with Crippen LogP contribution < -0.4 is 5.73 Å². The number of nitrogens with two attached hydrogens (primary N) is 1. The van der Waals surface area contributed by atoms with Gasteiger partial charge in [-0.3, -0.25) is 4.90 Å². The summed E-state index contributed by atoms with van der Waals surface area (Å²) >= 11 is 0. The highest BCUT2D eigenvalue weighted by Gasteiger charge is 2.29. The molecule has 1 unspecified atom stereocenters. The van der Waals surface area contributed by atoms with Crippen LogP contribution in [-0.2, 0) is 0 Å². The van der Waals surface area contributed by atoms with E-state index in [1.165, 1.54) is 18.4 Å². The van der Waals surface area contributed by atoms with Crippen LogP contribution in [0.3, 0.4) is 0 Å². The average molecular weight is 222 g/mol. The normalized spacial score (nSPS) is 23.2. The largest absolute Gasteiger partial charge is 0.472 e. The first kappa shape index (κ1) is 11.7. The van der Waals surface area contributed by atoms with Gasteiger partial charge in [0, 0.05) is 12.1 Å². The molecule has 90 valence electrons. The molecular formula is C13H22N2O. The molecule has 1 atom stereocenters. The standard InChI is InChI=1S/C13H22N2O/c1-13(2)4-6-15(7-5-13)12(9-14)11-3-8-16-10-11/h3,8,10,12H,4-7,9,14H2,1-2H3. The van der Waals surface area contributed by atoms with E-state index in [0.717, 1.165) is 13.1 Å². The minimum Gasteiger partial charge on any atom is -0.472 e. The highest BCUT2D eigenvalue weighted by Crippen LogP contribution is 2.33. The summed E-state index contributed by atoms with van der Waals surface area (Å²) in [7, 11) is 0. The second-order valence-electron chi connectivity index (χ2n) is 5.51. The molecule has 2 rings (SSSR count). The van der Waals surface area contributed by atoms with Crippen molar-refractivity contribution < 1.29 is 4.42 Å². The van der Waals surface area contributed by atoms with Crippen molar-refractivity contribution in [3.8, 4) is 0 Å². The first-order valence-corrected chi connectivity index (χ1v) is 6.09. The summed E-state index contributed by atoms with van der Waals surface area (Å²) in [4.78, 5) is 2.48. The fourth-order valence-electron chi connectivity index (χ4n) is 2.40. The van der Waals surface area contributed by atoms with Gasteiger partial charge >= 0.3 is 0 Å². The Balaban J connectivity index is 2.02. The molecule has 0 bridgehead atoms. The van der Waals surface area contributed by atoms with Gasteiger partial charge in [-0.05, 0) is 37.4 Å². The van der Waals surface area contributed by atoms with Crippen molar-refractivity contribution in [2.75, 3.05) is 19.6 Å². The maximum Gasteiger partial charge on any atom is 0.0950 e. The van der Waals surface area contributed by atoms with Crippen LogP contribution in [0.25, 0.3) is 0 Å². The van der Waals surface area contributed by atoms with Gasteiger partial charge < -0.3 is 10.2 Å². The van der Waals surface area contributed by atoms with Crippen molar-refractivity contribution in [2.45, 2.75) is 32.7 Å². The van der Waals surface area contributed by atoms with Crippen LogP contribution >= 0.6 is 0 Å². The summed E-state index contributed by atoms with van der Waals surface area (Å²) in [6.45, 7) is 7.64. The van der Waals surface area contributed by atoms with Crippen LogP contribution in [0, 0.1) is 5.41 Å². The van der Waals surface area contributed by atoms with Crippen molar-refractivity contribution in [2.24, 2.45) is 11.1 Å². The summed E-state index contributed by atoms with van der Waals surface area (Å²) in [5.41, 5.74) is 7.58. The Morgan fingerprint density at radius 3 is 2.62 bits per heavy atom. The Kier molecular flexibility index (Phi) is 3.36. The third-order valence-electron chi connectivity index (χ3n) is 3.74. The highest BCUT2D eigenvalue weighted by atomic mass is 16.3. The fraction of sp³-hybridized carbons (Fsp3) is 0.692. The van der Waals surface area contributed by atoms with Gasteiger partial charge in [0.1, 0.15) is 0 Å². The third-order valence-corrected chi connectivity index (χ3v) is 3.74. The van der Waals surface area contributed by atoms with Gasteiger partial charge in [0.05, 0.1) is 18.6 Å². The minimum absolute atomic E-state index is 0.329. The van der Waals surface area contributed by atoms with Crippen molar-refractivity contribution in [1.82, 2.24) is 4.90 Å². The van der Waals surface area contributed by atoms with E-state index < -0.39 is 0 Å². The number of piperidine rings is 1. The smallest absolute Gasteiger partial charge is 0.0950 e. The Hall–Kier alpha value is -0.800. The molecule has 0 spiro atoms. The van der Waals surface area contributed by atoms with Gasteiger partial charge in [-0.15, -0.1) is 0 Å². The van der Waals surface area contributed by atoms with E-state index in [2.05, 4.69) is 18.7 Å². The van der Waals surface area contributed by atoms with Gasteiger partial charge in [0.2, 0.25) is 0 Å². The van der Waals surface area contributed by atoms with E-state index >= 15 is 0 Å². The number of hydrogen-bond acceptors (Lipinski definition) is 3. The second kappa shape index (κ2) is 4.60. The number of likely N-dealkylation sites (tertiary alicyclic amines) is 1. The first-order valence-electron chi connectivity index (χ1n) is 6.09. The molecule has 0 radical (unpaired) electrons. The molecule has 1 fully saturated rings. The van der Waals surface area contributed by atoms with Crippen molar-refractivity contribution in [3.05, 3.63) is 24.2 Å².